The number of rotatable bonds is 3. The molecule has 2 aromatic rings. The Labute approximate surface area is 112 Å². The monoisotopic (exact) mass is 306 g/mol. The number of nitrogens with zero attached hydrogens (tertiary/aromatic N) is 4. The standard InChI is InChI=1S/C8H8ClFN6O2S/c1-16-13-8(12-15-16)14-19(17,18)6-3-4(9)2-5(11)7(6)10/h2-3H,11H2,1H3,(H,13,14). The Balaban J connectivity index is 2.45. The van der Waals surface area contributed by atoms with Gasteiger partial charge in [0.2, 0.25) is 0 Å². The average molecular weight is 307 g/mol. The van der Waals surface area contributed by atoms with E-state index in [1.54, 1.807) is 0 Å². The first-order chi connectivity index (χ1) is 8.79. The molecule has 102 valence electrons. The summed E-state index contributed by atoms with van der Waals surface area (Å²) in [7, 11) is -2.80. The quantitative estimate of drug-likeness (QED) is 0.792. The third kappa shape index (κ3) is 2.74. The van der Waals surface area contributed by atoms with Crippen LogP contribution in [-0.4, -0.2) is 28.6 Å². The van der Waals surface area contributed by atoms with Crippen LogP contribution in [0.2, 0.25) is 5.02 Å². The second-order valence-electron chi connectivity index (χ2n) is 3.52. The van der Waals surface area contributed by atoms with Crippen molar-refractivity contribution in [2.45, 2.75) is 4.90 Å². The molecule has 1 heterocycles. The first kappa shape index (κ1) is 13.5. The summed E-state index contributed by atoms with van der Waals surface area (Å²) in [4.78, 5) is 0.352. The molecule has 0 saturated heterocycles. The number of nitrogen functional groups attached to an aromatic ring is 1. The Kier molecular flexibility index (Phi) is 3.28. The van der Waals surface area contributed by atoms with Gasteiger partial charge in [0.05, 0.1) is 12.7 Å². The minimum Gasteiger partial charge on any atom is -0.396 e. The topological polar surface area (TPSA) is 116 Å². The fourth-order valence-electron chi connectivity index (χ4n) is 1.28. The van der Waals surface area contributed by atoms with Gasteiger partial charge < -0.3 is 5.73 Å². The van der Waals surface area contributed by atoms with E-state index in [1.165, 1.54) is 7.05 Å². The lowest BCUT2D eigenvalue weighted by Crippen LogP contribution is -2.16. The predicted molar refractivity (Wildman–Crippen MR) is 65.4 cm³/mol. The molecule has 1 aromatic heterocycles. The van der Waals surface area contributed by atoms with Gasteiger partial charge in [0.15, 0.2) is 5.82 Å². The summed E-state index contributed by atoms with van der Waals surface area (Å²) >= 11 is 5.65. The summed E-state index contributed by atoms with van der Waals surface area (Å²) in [6, 6.07) is 2.04. The number of nitrogens with one attached hydrogen (secondary N) is 1. The van der Waals surface area contributed by atoms with E-state index in [0.29, 0.717) is 0 Å². The van der Waals surface area contributed by atoms with Crippen LogP contribution in [0.25, 0.3) is 0 Å². The van der Waals surface area contributed by atoms with Gasteiger partial charge in [0.1, 0.15) is 4.90 Å². The van der Waals surface area contributed by atoms with E-state index in [-0.39, 0.29) is 16.7 Å². The molecule has 0 atom stereocenters. The van der Waals surface area contributed by atoms with Crippen LogP contribution in [0.15, 0.2) is 17.0 Å². The average Bonchev–Trinajstić information content (AvgIpc) is 2.68. The van der Waals surface area contributed by atoms with Crippen molar-refractivity contribution >= 4 is 33.3 Å². The van der Waals surface area contributed by atoms with Gasteiger partial charge in [-0.25, -0.2) is 17.5 Å². The highest BCUT2D eigenvalue weighted by Crippen LogP contribution is 2.26. The van der Waals surface area contributed by atoms with Gasteiger partial charge in [-0.05, 0) is 17.3 Å². The Hall–Kier alpha value is -1.94. The van der Waals surface area contributed by atoms with E-state index in [2.05, 4.69) is 15.4 Å². The highest BCUT2D eigenvalue weighted by molar-refractivity contribution is 7.92. The number of hydrogen-bond donors (Lipinski definition) is 2. The first-order valence-electron chi connectivity index (χ1n) is 4.81. The van der Waals surface area contributed by atoms with Crippen molar-refractivity contribution in [3.05, 3.63) is 23.0 Å². The molecule has 0 spiro atoms. The molecule has 3 N–H and O–H groups in total. The fourth-order valence-corrected chi connectivity index (χ4v) is 2.64. The molecule has 0 bridgehead atoms. The zero-order chi connectivity index (χ0) is 14.2. The van der Waals surface area contributed by atoms with Crippen molar-refractivity contribution in [3.8, 4) is 0 Å². The Morgan fingerprint density at radius 1 is 1.47 bits per heavy atom. The minimum atomic E-state index is -4.24. The lowest BCUT2D eigenvalue weighted by atomic mass is 10.3. The van der Waals surface area contributed by atoms with E-state index in [0.717, 1.165) is 16.9 Å². The molecular formula is C8H8ClFN6O2S. The number of anilines is 2. The molecule has 11 heteroatoms. The van der Waals surface area contributed by atoms with Crippen molar-refractivity contribution in [3.63, 3.8) is 0 Å². The van der Waals surface area contributed by atoms with Crippen molar-refractivity contribution in [2.24, 2.45) is 7.05 Å². The van der Waals surface area contributed by atoms with Crippen molar-refractivity contribution in [2.75, 3.05) is 10.5 Å². The molecule has 0 unspecified atom stereocenters. The van der Waals surface area contributed by atoms with E-state index in [1.807, 2.05) is 4.72 Å². The van der Waals surface area contributed by atoms with Crippen LogP contribution in [-0.2, 0) is 17.1 Å². The molecule has 0 radical (unpaired) electrons. The maximum absolute atomic E-state index is 13.7. The van der Waals surface area contributed by atoms with Crippen LogP contribution >= 0.6 is 11.6 Å². The molecule has 0 amide bonds. The number of aromatic nitrogens is 4. The smallest absolute Gasteiger partial charge is 0.277 e. The molecule has 0 aliphatic carbocycles. The molecule has 0 saturated carbocycles. The Morgan fingerprint density at radius 2 is 2.16 bits per heavy atom. The van der Waals surface area contributed by atoms with E-state index in [4.69, 9.17) is 17.3 Å². The summed E-state index contributed by atoms with van der Waals surface area (Å²) < 4.78 is 39.6. The summed E-state index contributed by atoms with van der Waals surface area (Å²) in [5.74, 6) is -1.39. The van der Waals surface area contributed by atoms with Crippen LogP contribution in [0, 0.1) is 5.82 Å². The van der Waals surface area contributed by atoms with Crippen molar-refractivity contribution < 1.29 is 12.8 Å². The molecule has 19 heavy (non-hydrogen) atoms. The molecule has 2 rings (SSSR count). The van der Waals surface area contributed by atoms with E-state index in [9.17, 15) is 12.8 Å². The maximum atomic E-state index is 13.7. The molecular weight excluding hydrogens is 299 g/mol. The van der Waals surface area contributed by atoms with Crippen LogP contribution in [0.4, 0.5) is 16.0 Å². The third-order valence-corrected chi connectivity index (χ3v) is 3.60. The van der Waals surface area contributed by atoms with E-state index < -0.39 is 20.7 Å². The van der Waals surface area contributed by atoms with Gasteiger partial charge in [-0.3, -0.25) is 0 Å². The normalized spacial score (nSPS) is 11.5. The summed E-state index contributed by atoms with van der Waals surface area (Å²) in [5.41, 5.74) is 4.94. The number of aryl methyl sites for hydroxylation is 1. The minimum absolute atomic E-state index is 0.00798. The summed E-state index contributed by atoms with van der Waals surface area (Å²) in [5, 5.41) is 10.5. The second-order valence-corrected chi connectivity index (χ2v) is 5.60. The van der Waals surface area contributed by atoms with Crippen LogP contribution in [0.5, 0.6) is 0 Å². The van der Waals surface area contributed by atoms with Crippen LogP contribution in [0.3, 0.4) is 0 Å². The number of benzene rings is 1. The zero-order valence-electron chi connectivity index (χ0n) is 9.50. The summed E-state index contributed by atoms with van der Waals surface area (Å²) in [6.45, 7) is 0. The fraction of sp³-hybridized carbons (Fsp3) is 0.125. The number of hydrogen-bond acceptors (Lipinski definition) is 6. The van der Waals surface area contributed by atoms with Crippen molar-refractivity contribution in [1.82, 2.24) is 20.2 Å². The number of nitrogens with two attached hydrogens (primary N) is 1. The lowest BCUT2D eigenvalue weighted by Gasteiger charge is -2.07. The number of tetrazole rings is 1. The highest BCUT2D eigenvalue weighted by Gasteiger charge is 2.23. The van der Waals surface area contributed by atoms with Gasteiger partial charge >= 0.3 is 0 Å². The molecule has 0 aliphatic rings. The predicted octanol–water partition coefficient (Wildman–Crippen LogP) is 0.386. The molecule has 1 aromatic carbocycles. The van der Waals surface area contributed by atoms with Gasteiger partial charge in [-0.2, -0.15) is 4.80 Å². The third-order valence-electron chi connectivity index (χ3n) is 2.06. The maximum Gasteiger partial charge on any atom is 0.277 e. The number of sulfonamides is 1. The van der Waals surface area contributed by atoms with E-state index >= 15 is 0 Å². The highest BCUT2D eigenvalue weighted by atomic mass is 35.5. The van der Waals surface area contributed by atoms with Gasteiger partial charge in [0, 0.05) is 5.02 Å². The largest absolute Gasteiger partial charge is 0.396 e. The van der Waals surface area contributed by atoms with Gasteiger partial charge in [-0.15, -0.1) is 5.10 Å². The SMILES string of the molecule is Cn1nnc(NS(=O)(=O)c2cc(Cl)cc(N)c2F)n1. The lowest BCUT2D eigenvalue weighted by molar-refractivity contribution is 0.572. The summed E-state index contributed by atoms with van der Waals surface area (Å²) in [6.07, 6.45) is 0. The molecule has 0 aliphatic heterocycles. The Morgan fingerprint density at radius 3 is 2.74 bits per heavy atom. The van der Waals surface area contributed by atoms with Crippen LogP contribution < -0.4 is 10.5 Å². The van der Waals surface area contributed by atoms with Gasteiger partial charge in [-0.1, -0.05) is 16.7 Å². The second kappa shape index (κ2) is 4.63. The molecule has 0 fully saturated rings. The van der Waals surface area contributed by atoms with Crippen molar-refractivity contribution in [1.29, 1.82) is 0 Å². The zero-order valence-corrected chi connectivity index (χ0v) is 11.1. The Bertz CT molecular complexity index is 731. The molecule has 8 nitrogen and oxygen atoms in total. The van der Waals surface area contributed by atoms with Crippen LogP contribution in [0.1, 0.15) is 0 Å². The first-order valence-corrected chi connectivity index (χ1v) is 6.67. The van der Waals surface area contributed by atoms with Gasteiger partial charge in [0.25, 0.3) is 16.0 Å². The number of halogens is 2.